The Bertz CT molecular complexity index is 628. The number of aliphatic hydroxyl groups is 1. The topological polar surface area (TPSA) is 39.6 Å². The van der Waals surface area contributed by atoms with Gasteiger partial charge in [0.2, 0.25) is 0 Å². The summed E-state index contributed by atoms with van der Waals surface area (Å²) >= 11 is 0. The molecule has 0 radical (unpaired) electrons. The van der Waals surface area contributed by atoms with E-state index in [2.05, 4.69) is 48.0 Å². The van der Waals surface area contributed by atoms with Crippen molar-refractivity contribution in [2.75, 3.05) is 38.2 Å². The fraction of sp³-hybridized carbons (Fsp3) is 0.471. The summed E-state index contributed by atoms with van der Waals surface area (Å²) in [6.07, 6.45) is 0.819. The number of para-hydroxylation sites is 1. The van der Waals surface area contributed by atoms with Crippen molar-refractivity contribution in [2.45, 2.75) is 19.4 Å². The van der Waals surface area contributed by atoms with Gasteiger partial charge in [0, 0.05) is 37.7 Å². The van der Waals surface area contributed by atoms with E-state index < -0.39 is 0 Å². The average Bonchev–Trinajstić information content (AvgIpc) is 2.50. The molecule has 1 aromatic carbocycles. The summed E-state index contributed by atoms with van der Waals surface area (Å²) in [5.41, 5.74) is 2.33. The fourth-order valence-electron chi connectivity index (χ4n) is 3.11. The van der Waals surface area contributed by atoms with Gasteiger partial charge in [-0.1, -0.05) is 18.2 Å². The normalized spacial score (nSPS) is 20.1. The van der Waals surface area contributed by atoms with Crippen LogP contribution in [0.1, 0.15) is 12.0 Å². The largest absolute Gasteiger partial charge is 0.396 e. The number of nitrogens with zero attached hydrogens (tertiary/aromatic N) is 3. The van der Waals surface area contributed by atoms with Gasteiger partial charge in [0.25, 0.3) is 0 Å². The summed E-state index contributed by atoms with van der Waals surface area (Å²) < 4.78 is 0. The Labute approximate surface area is 126 Å². The number of benzene rings is 1. The molecule has 0 bridgehead atoms. The number of hydrogen-bond donors (Lipinski definition) is 1. The second-order valence-electron chi connectivity index (χ2n) is 5.91. The third kappa shape index (κ3) is 2.87. The first kappa shape index (κ1) is 14.3. The molecule has 1 aromatic heterocycles. The number of rotatable bonds is 3. The summed E-state index contributed by atoms with van der Waals surface area (Å²) in [5.74, 6) is 1.06. The van der Waals surface area contributed by atoms with Gasteiger partial charge in [-0.2, -0.15) is 0 Å². The standard InChI is InChI=1S/C17H23N3O/c1-13-11-17(18-16-6-4-3-5-15(13)16)20-9-8-19(2)14(12-20)7-10-21/h3-6,11,14,21H,7-10,12H2,1-2H3. The molecule has 1 atom stereocenters. The van der Waals surface area contributed by atoms with E-state index in [0.29, 0.717) is 6.04 Å². The summed E-state index contributed by atoms with van der Waals surface area (Å²) in [5, 5.41) is 10.4. The van der Waals surface area contributed by atoms with Crippen LogP contribution in [0.3, 0.4) is 0 Å². The van der Waals surface area contributed by atoms with Crippen LogP contribution in [0.15, 0.2) is 30.3 Å². The molecule has 0 aliphatic carbocycles. The van der Waals surface area contributed by atoms with Crippen molar-refractivity contribution in [1.29, 1.82) is 0 Å². The number of piperazine rings is 1. The second kappa shape index (κ2) is 6.00. The summed E-state index contributed by atoms with van der Waals surface area (Å²) in [4.78, 5) is 9.51. The van der Waals surface area contributed by atoms with E-state index in [-0.39, 0.29) is 6.61 Å². The molecule has 1 aliphatic rings. The van der Waals surface area contributed by atoms with Gasteiger partial charge in [-0.25, -0.2) is 4.98 Å². The van der Waals surface area contributed by atoms with E-state index >= 15 is 0 Å². The highest BCUT2D eigenvalue weighted by Gasteiger charge is 2.24. The zero-order chi connectivity index (χ0) is 14.8. The predicted octanol–water partition coefficient (Wildman–Crippen LogP) is 2.05. The molecule has 1 aliphatic heterocycles. The lowest BCUT2D eigenvalue weighted by molar-refractivity contribution is 0.170. The molecule has 21 heavy (non-hydrogen) atoms. The highest BCUT2D eigenvalue weighted by atomic mass is 16.3. The lowest BCUT2D eigenvalue weighted by Gasteiger charge is -2.40. The maximum atomic E-state index is 9.22. The van der Waals surface area contributed by atoms with Crippen LogP contribution in [0.25, 0.3) is 10.9 Å². The average molecular weight is 285 g/mol. The SMILES string of the molecule is Cc1cc(N2CCN(C)C(CCO)C2)nc2ccccc12. The van der Waals surface area contributed by atoms with Crippen molar-refractivity contribution in [3.63, 3.8) is 0 Å². The van der Waals surface area contributed by atoms with Gasteiger partial charge in [-0.15, -0.1) is 0 Å². The number of aliphatic hydroxyl groups excluding tert-OH is 1. The number of likely N-dealkylation sites (N-methyl/N-ethyl adjacent to an activating group) is 1. The third-order valence-electron chi connectivity index (χ3n) is 4.47. The zero-order valence-corrected chi connectivity index (χ0v) is 12.8. The van der Waals surface area contributed by atoms with Crippen LogP contribution in [-0.4, -0.2) is 54.3 Å². The van der Waals surface area contributed by atoms with Crippen LogP contribution >= 0.6 is 0 Å². The molecule has 2 heterocycles. The smallest absolute Gasteiger partial charge is 0.129 e. The maximum absolute atomic E-state index is 9.22. The lowest BCUT2D eigenvalue weighted by atomic mass is 10.1. The molecule has 0 spiro atoms. The molecule has 0 saturated carbocycles. The minimum absolute atomic E-state index is 0.243. The Kier molecular flexibility index (Phi) is 4.08. The highest BCUT2D eigenvalue weighted by molar-refractivity contribution is 5.83. The van der Waals surface area contributed by atoms with Gasteiger partial charge in [-0.05, 0) is 38.1 Å². The Balaban J connectivity index is 1.89. The number of aryl methyl sites for hydroxylation is 1. The van der Waals surface area contributed by atoms with E-state index in [0.717, 1.165) is 37.4 Å². The second-order valence-corrected chi connectivity index (χ2v) is 5.91. The first-order valence-corrected chi connectivity index (χ1v) is 7.61. The molecule has 2 aromatic rings. The van der Waals surface area contributed by atoms with Crippen LogP contribution in [0.5, 0.6) is 0 Å². The molecule has 1 saturated heterocycles. The van der Waals surface area contributed by atoms with Crippen LogP contribution in [0, 0.1) is 6.92 Å². The zero-order valence-electron chi connectivity index (χ0n) is 12.8. The first-order chi connectivity index (χ1) is 10.2. The lowest BCUT2D eigenvalue weighted by Crippen LogP contribution is -2.52. The van der Waals surface area contributed by atoms with Crippen molar-refractivity contribution in [2.24, 2.45) is 0 Å². The maximum Gasteiger partial charge on any atom is 0.129 e. The van der Waals surface area contributed by atoms with Crippen molar-refractivity contribution >= 4 is 16.7 Å². The van der Waals surface area contributed by atoms with Crippen LogP contribution in [-0.2, 0) is 0 Å². The molecule has 1 fully saturated rings. The van der Waals surface area contributed by atoms with E-state index in [4.69, 9.17) is 4.98 Å². The van der Waals surface area contributed by atoms with E-state index in [1.807, 2.05) is 6.07 Å². The van der Waals surface area contributed by atoms with E-state index in [1.54, 1.807) is 0 Å². The number of anilines is 1. The van der Waals surface area contributed by atoms with Gasteiger partial charge in [0.15, 0.2) is 0 Å². The Hall–Kier alpha value is -1.65. The van der Waals surface area contributed by atoms with Gasteiger partial charge < -0.3 is 10.0 Å². The van der Waals surface area contributed by atoms with Crippen LogP contribution in [0.4, 0.5) is 5.82 Å². The fourth-order valence-corrected chi connectivity index (χ4v) is 3.11. The van der Waals surface area contributed by atoms with Crippen molar-refractivity contribution < 1.29 is 5.11 Å². The third-order valence-corrected chi connectivity index (χ3v) is 4.47. The molecule has 4 heteroatoms. The van der Waals surface area contributed by atoms with Gasteiger partial charge in [-0.3, -0.25) is 4.90 Å². The monoisotopic (exact) mass is 285 g/mol. The van der Waals surface area contributed by atoms with E-state index in [1.165, 1.54) is 10.9 Å². The Morgan fingerprint density at radius 2 is 2.10 bits per heavy atom. The molecule has 4 nitrogen and oxygen atoms in total. The summed E-state index contributed by atoms with van der Waals surface area (Å²) in [7, 11) is 2.14. The number of aromatic nitrogens is 1. The summed E-state index contributed by atoms with van der Waals surface area (Å²) in [6, 6.07) is 10.9. The van der Waals surface area contributed by atoms with E-state index in [9.17, 15) is 5.11 Å². The number of hydrogen-bond acceptors (Lipinski definition) is 4. The van der Waals surface area contributed by atoms with Gasteiger partial charge >= 0.3 is 0 Å². The minimum Gasteiger partial charge on any atom is -0.396 e. The Morgan fingerprint density at radius 1 is 1.29 bits per heavy atom. The molecule has 0 amide bonds. The van der Waals surface area contributed by atoms with Crippen molar-refractivity contribution in [3.05, 3.63) is 35.9 Å². The Morgan fingerprint density at radius 3 is 2.90 bits per heavy atom. The quantitative estimate of drug-likeness (QED) is 0.937. The summed E-state index contributed by atoms with van der Waals surface area (Å²) in [6.45, 7) is 5.32. The molecule has 1 N–H and O–H groups in total. The molecule has 3 rings (SSSR count). The molecular formula is C17H23N3O. The molecule has 1 unspecified atom stereocenters. The predicted molar refractivity (Wildman–Crippen MR) is 86.8 cm³/mol. The van der Waals surface area contributed by atoms with Crippen LogP contribution in [0.2, 0.25) is 0 Å². The highest BCUT2D eigenvalue weighted by Crippen LogP contribution is 2.24. The molecular weight excluding hydrogens is 262 g/mol. The van der Waals surface area contributed by atoms with Gasteiger partial charge in [0.1, 0.15) is 5.82 Å². The first-order valence-electron chi connectivity index (χ1n) is 7.61. The number of fused-ring (bicyclic) bond motifs is 1. The van der Waals surface area contributed by atoms with Crippen molar-refractivity contribution in [1.82, 2.24) is 9.88 Å². The number of pyridine rings is 1. The van der Waals surface area contributed by atoms with Gasteiger partial charge in [0.05, 0.1) is 5.52 Å². The van der Waals surface area contributed by atoms with Crippen molar-refractivity contribution in [3.8, 4) is 0 Å². The minimum atomic E-state index is 0.243. The molecule has 112 valence electrons. The van der Waals surface area contributed by atoms with Crippen LogP contribution < -0.4 is 4.90 Å².